The number of hydrogen-bond acceptors (Lipinski definition) is 3. The first-order valence-corrected chi connectivity index (χ1v) is 8.35. The summed E-state index contributed by atoms with van der Waals surface area (Å²) >= 11 is 0. The van der Waals surface area contributed by atoms with Crippen LogP contribution in [0.25, 0.3) is 0 Å². The fourth-order valence-corrected chi connectivity index (χ4v) is 2.52. The molecule has 1 heterocycles. The second-order valence-electron chi connectivity index (χ2n) is 6.99. The molecule has 6 nitrogen and oxygen atoms in total. The van der Waals surface area contributed by atoms with Gasteiger partial charge in [-0.15, -0.1) is 0 Å². The third-order valence-electron chi connectivity index (χ3n) is 4.10. The summed E-state index contributed by atoms with van der Waals surface area (Å²) in [5.74, 6) is 0.816. The number of nitrogens with one attached hydrogen (secondary N) is 1. The van der Waals surface area contributed by atoms with Crippen LogP contribution in [0.2, 0.25) is 0 Å². The summed E-state index contributed by atoms with van der Waals surface area (Å²) in [5.41, 5.74) is 1.30. The van der Waals surface area contributed by atoms with E-state index in [0.29, 0.717) is 39.3 Å². The van der Waals surface area contributed by atoms with Crippen LogP contribution in [0.3, 0.4) is 0 Å². The number of benzene rings is 1. The first-order chi connectivity index (χ1) is 11.4. The maximum atomic E-state index is 12.0. The van der Waals surface area contributed by atoms with Crippen molar-refractivity contribution in [2.75, 3.05) is 39.3 Å². The Labute approximate surface area is 143 Å². The maximum Gasteiger partial charge on any atom is 0.317 e. The van der Waals surface area contributed by atoms with E-state index in [4.69, 9.17) is 4.74 Å². The number of carbonyl (C=O) groups excluding carboxylic acids is 2. The second-order valence-corrected chi connectivity index (χ2v) is 6.99. The third-order valence-corrected chi connectivity index (χ3v) is 4.10. The van der Waals surface area contributed by atoms with E-state index in [-0.39, 0.29) is 11.4 Å². The van der Waals surface area contributed by atoms with Crippen LogP contribution < -0.4 is 10.1 Å². The quantitative estimate of drug-likeness (QED) is 0.661. The van der Waals surface area contributed by atoms with Crippen molar-refractivity contribution in [1.82, 2.24) is 15.1 Å². The smallest absolute Gasteiger partial charge is 0.317 e. The summed E-state index contributed by atoms with van der Waals surface area (Å²) in [5, 5.41) is 2.86. The molecule has 0 spiro atoms. The van der Waals surface area contributed by atoms with Crippen molar-refractivity contribution in [3.63, 3.8) is 0 Å². The molecule has 1 fully saturated rings. The van der Waals surface area contributed by atoms with Gasteiger partial charge in [0.05, 0.1) is 6.54 Å². The Morgan fingerprint density at radius 2 is 1.96 bits per heavy atom. The normalized spacial score (nSPS) is 15.1. The van der Waals surface area contributed by atoms with Gasteiger partial charge in [0, 0.05) is 26.2 Å². The van der Waals surface area contributed by atoms with Gasteiger partial charge in [-0.1, -0.05) is 32.9 Å². The average Bonchev–Trinajstić information content (AvgIpc) is 2.58. The zero-order chi connectivity index (χ0) is 17.6. The lowest BCUT2D eigenvalue weighted by Crippen LogP contribution is -2.51. The molecule has 0 bridgehead atoms. The molecule has 0 aliphatic carbocycles. The van der Waals surface area contributed by atoms with Crippen molar-refractivity contribution in [3.8, 4) is 5.75 Å². The molecular formula is C18H27N3O3. The Morgan fingerprint density at radius 3 is 2.58 bits per heavy atom. The van der Waals surface area contributed by atoms with Gasteiger partial charge in [0.15, 0.2) is 0 Å². The van der Waals surface area contributed by atoms with Gasteiger partial charge in [0.1, 0.15) is 12.4 Å². The highest BCUT2D eigenvalue weighted by Gasteiger charge is 2.19. The van der Waals surface area contributed by atoms with Crippen molar-refractivity contribution in [2.24, 2.45) is 0 Å². The minimum absolute atomic E-state index is 0.0806. The molecular weight excluding hydrogens is 306 g/mol. The molecule has 0 aromatic heterocycles. The molecule has 132 valence electrons. The molecule has 1 saturated heterocycles. The van der Waals surface area contributed by atoms with Gasteiger partial charge < -0.3 is 19.9 Å². The molecule has 1 N–H and O–H groups in total. The topological polar surface area (TPSA) is 61.9 Å². The van der Waals surface area contributed by atoms with Crippen molar-refractivity contribution >= 4 is 12.4 Å². The number of hydrogen-bond donors (Lipinski definition) is 1. The van der Waals surface area contributed by atoms with Crippen LogP contribution in [-0.2, 0) is 10.2 Å². The van der Waals surface area contributed by atoms with Gasteiger partial charge in [-0.05, 0) is 23.1 Å². The lowest BCUT2D eigenvalue weighted by molar-refractivity contribution is -0.119. The van der Waals surface area contributed by atoms with E-state index in [0.717, 1.165) is 12.2 Å². The number of piperazine rings is 1. The molecule has 3 amide bonds. The summed E-state index contributed by atoms with van der Waals surface area (Å²) in [7, 11) is 0. The number of ether oxygens (including phenoxy) is 1. The molecule has 0 radical (unpaired) electrons. The van der Waals surface area contributed by atoms with Gasteiger partial charge in [-0.3, -0.25) is 4.79 Å². The van der Waals surface area contributed by atoms with Crippen LogP contribution >= 0.6 is 0 Å². The number of urea groups is 1. The summed E-state index contributed by atoms with van der Waals surface area (Å²) < 4.78 is 5.73. The van der Waals surface area contributed by atoms with Crippen molar-refractivity contribution in [2.45, 2.75) is 26.2 Å². The summed E-state index contributed by atoms with van der Waals surface area (Å²) in [6.07, 6.45) is 0.828. The average molecular weight is 333 g/mol. The zero-order valence-electron chi connectivity index (χ0n) is 14.7. The van der Waals surface area contributed by atoms with E-state index in [1.54, 1.807) is 9.80 Å². The Kier molecular flexibility index (Phi) is 6.06. The highest BCUT2D eigenvalue weighted by Crippen LogP contribution is 2.25. The predicted molar refractivity (Wildman–Crippen MR) is 93.2 cm³/mol. The minimum Gasteiger partial charge on any atom is -0.492 e. The van der Waals surface area contributed by atoms with Gasteiger partial charge in [-0.25, -0.2) is 4.79 Å². The minimum atomic E-state index is -0.104. The Balaban J connectivity index is 1.71. The van der Waals surface area contributed by atoms with E-state index in [9.17, 15) is 9.59 Å². The van der Waals surface area contributed by atoms with E-state index in [1.807, 2.05) is 18.2 Å². The fraction of sp³-hybridized carbons (Fsp3) is 0.556. The zero-order valence-corrected chi connectivity index (χ0v) is 14.7. The molecule has 0 unspecified atom stereocenters. The van der Waals surface area contributed by atoms with Gasteiger partial charge in [0.25, 0.3) is 0 Å². The first-order valence-electron chi connectivity index (χ1n) is 8.35. The van der Waals surface area contributed by atoms with Crippen LogP contribution in [0.4, 0.5) is 4.79 Å². The standard InChI is InChI=1S/C18H27N3O3/c1-18(2,3)15-5-4-6-16(13-15)24-12-7-19-17(23)21-10-8-20(14-22)9-11-21/h4-6,13-14H,7-12H2,1-3H3,(H,19,23). The summed E-state index contributed by atoms with van der Waals surface area (Å²) in [6, 6.07) is 7.94. The number of carbonyl (C=O) groups is 2. The largest absolute Gasteiger partial charge is 0.492 e. The van der Waals surface area contributed by atoms with Gasteiger partial charge in [0.2, 0.25) is 6.41 Å². The molecule has 1 aromatic rings. The molecule has 2 rings (SSSR count). The van der Waals surface area contributed by atoms with E-state index in [1.165, 1.54) is 5.56 Å². The summed E-state index contributed by atoms with van der Waals surface area (Å²) in [6.45, 7) is 9.68. The van der Waals surface area contributed by atoms with Crippen LogP contribution in [0.5, 0.6) is 5.75 Å². The van der Waals surface area contributed by atoms with Crippen LogP contribution in [0.1, 0.15) is 26.3 Å². The lowest BCUT2D eigenvalue weighted by atomic mass is 9.87. The fourth-order valence-electron chi connectivity index (χ4n) is 2.52. The van der Waals surface area contributed by atoms with E-state index >= 15 is 0 Å². The van der Waals surface area contributed by atoms with Gasteiger partial charge >= 0.3 is 6.03 Å². The van der Waals surface area contributed by atoms with Crippen LogP contribution in [0, 0.1) is 0 Å². The molecule has 0 saturated carbocycles. The molecule has 1 aliphatic heterocycles. The third kappa shape index (κ3) is 5.15. The van der Waals surface area contributed by atoms with Crippen molar-refractivity contribution < 1.29 is 14.3 Å². The highest BCUT2D eigenvalue weighted by atomic mass is 16.5. The van der Waals surface area contributed by atoms with Crippen LogP contribution in [0.15, 0.2) is 24.3 Å². The SMILES string of the molecule is CC(C)(C)c1cccc(OCCNC(=O)N2CCN(C=O)CC2)c1. The van der Waals surface area contributed by atoms with Crippen LogP contribution in [-0.4, -0.2) is 61.6 Å². The molecule has 1 aromatic carbocycles. The van der Waals surface area contributed by atoms with Crippen molar-refractivity contribution in [1.29, 1.82) is 0 Å². The molecule has 24 heavy (non-hydrogen) atoms. The lowest BCUT2D eigenvalue weighted by Gasteiger charge is -2.32. The molecule has 6 heteroatoms. The monoisotopic (exact) mass is 333 g/mol. The first kappa shape index (κ1) is 18.1. The Bertz CT molecular complexity index is 561. The number of rotatable bonds is 5. The Morgan fingerprint density at radius 1 is 1.25 bits per heavy atom. The molecule has 0 atom stereocenters. The van der Waals surface area contributed by atoms with Crippen molar-refractivity contribution in [3.05, 3.63) is 29.8 Å². The Hall–Kier alpha value is -2.24. The summed E-state index contributed by atoms with van der Waals surface area (Å²) in [4.78, 5) is 26.1. The number of nitrogens with zero attached hydrogens (tertiary/aromatic N) is 2. The number of amides is 3. The highest BCUT2D eigenvalue weighted by molar-refractivity contribution is 5.74. The van der Waals surface area contributed by atoms with Gasteiger partial charge in [-0.2, -0.15) is 0 Å². The predicted octanol–water partition coefficient (Wildman–Crippen LogP) is 1.85. The van der Waals surface area contributed by atoms with E-state index in [2.05, 4.69) is 32.2 Å². The van der Waals surface area contributed by atoms with E-state index < -0.39 is 0 Å². The second kappa shape index (κ2) is 8.04. The maximum absolute atomic E-state index is 12.0. The molecule has 1 aliphatic rings.